The van der Waals surface area contributed by atoms with Crippen LogP contribution in [0.1, 0.15) is 26.7 Å². The van der Waals surface area contributed by atoms with Crippen LogP contribution < -0.4 is 0 Å². The molecule has 6 heteroatoms. The van der Waals surface area contributed by atoms with Gasteiger partial charge in [-0.25, -0.2) is 4.79 Å². The first-order valence-corrected chi connectivity index (χ1v) is 6.87. The third kappa shape index (κ3) is 3.49. The number of methoxy groups -OCH3 is 2. The quantitative estimate of drug-likeness (QED) is 0.578. The molecule has 1 heterocycles. The third-order valence-corrected chi connectivity index (χ3v) is 4.07. The van der Waals surface area contributed by atoms with E-state index in [1.807, 2.05) is 6.92 Å². The van der Waals surface area contributed by atoms with Crippen LogP contribution in [0.5, 0.6) is 0 Å². The first kappa shape index (κ1) is 16.5. The zero-order valence-electron chi connectivity index (χ0n) is 12.5. The number of Topliss-reactive ketones (excluding diaryl/α,β-unsaturated/α-hetero) is 1. The molecule has 1 unspecified atom stereocenters. The number of amides is 1. The molecule has 0 bridgehead atoms. The number of hydrogen-bond acceptors (Lipinski definition) is 5. The summed E-state index contributed by atoms with van der Waals surface area (Å²) < 4.78 is 9.47. The van der Waals surface area contributed by atoms with Gasteiger partial charge in [0, 0.05) is 13.1 Å². The fourth-order valence-electron chi connectivity index (χ4n) is 2.99. The molecule has 20 heavy (non-hydrogen) atoms. The Labute approximate surface area is 119 Å². The van der Waals surface area contributed by atoms with Crippen molar-refractivity contribution in [2.24, 2.45) is 17.8 Å². The Hall–Kier alpha value is -1.59. The van der Waals surface area contributed by atoms with Gasteiger partial charge in [0.05, 0.1) is 14.2 Å². The lowest BCUT2D eigenvalue weighted by molar-refractivity contribution is -0.153. The minimum Gasteiger partial charge on any atom is -0.468 e. The third-order valence-electron chi connectivity index (χ3n) is 4.07. The van der Waals surface area contributed by atoms with Gasteiger partial charge in [0.2, 0.25) is 0 Å². The number of carbonyl (C=O) groups excluding carboxylic acids is 3. The van der Waals surface area contributed by atoms with Gasteiger partial charge in [-0.3, -0.25) is 9.59 Å². The molecule has 1 aliphatic rings. The molecule has 0 aromatic carbocycles. The Balaban J connectivity index is 2.87. The van der Waals surface area contributed by atoms with Crippen molar-refractivity contribution in [1.29, 1.82) is 0 Å². The molecule has 6 nitrogen and oxygen atoms in total. The highest BCUT2D eigenvalue weighted by molar-refractivity contribution is 5.98. The Morgan fingerprint density at radius 1 is 1.25 bits per heavy atom. The molecule has 0 spiro atoms. The number of nitrogens with zero attached hydrogens (tertiary/aromatic N) is 1. The number of esters is 1. The second-order valence-electron chi connectivity index (χ2n) is 5.15. The minimum atomic E-state index is -0.732. The first-order chi connectivity index (χ1) is 9.46. The van der Waals surface area contributed by atoms with Crippen molar-refractivity contribution in [3.8, 4) is 0 Å². The number of ether oxygens (including phenoxy) is 2. The van der Waals surface area contributed by atoms with E-state index in [0.29, 0.717) is 19.5 Å². The fraction of sp³-hybridized carbons (Fsp3) is 0.786. The highest BCUT2D eigenvalue weighted by Gasteiger charge is 2.41. The minimum absolute atomic E-state index is 0.0779. The van der Waals surface area contributed by atoms with Crippen molar-refractivity contribution in [1.82, 2.24) is 4.90 Å². The Kier molecular flexibility index (Phi) is 5.98. The fourth-order valence-corrected chi connectivity index (χ4v) is 2.99. The zero-order valence-corrected chi connectivity index (χ0v) is 12.5. The smallest absolute Gasteiger partial charge is 0.409 e. The summed E-state index contributed by atoms with van der Waals surface area (Å²) in [5, 5.41) is 0. The van der Waals surface area contributed by atoms with Gasteiger partial charge in [-0.1, -0.05) is 13.3 Å². The van der Waals surface area contributed by atoms with E-state index in [0.717, 1.165) is 6.42 Å². The molecule has 0 N–H and O–H groups in total. The summed E-state index contributed by atoms with van der Waals surface area (Å²) in [7, 11) is 2.64. The van der Waals surface area contributed by atoms with Crippen molar-refractivity contribution in [3.63, 3.8) is 0 Å². The van der Waals surface area contributed by atoms with Gasteiger partial charge in [0.1, 0.15) is 11.7 Å². The van der Waals surface area contributed by atoms with Crippen LogP contribution in [0.2, 0.25) is 0 Å². The highest BCUT2D eigenvalue weighted by atomic mass is 16.5. The van der Waals surface area contributed by atoms with Crippen LogP contribution >= 0.6 is 0 Å². The van der Waals surface area contributed by atoms with E-state index in [1.54, 1.807) is 4.90 Å². The van der Waals surface area contributed by atoms with E-state index in [2.05, 4.69) is 0 Å². The van der Waals surface area contributed by atoms with E-state index >= 15 is 0 Å². The molecule has 1 fully saturated rings. The van der Waals surface area contributed by atoms with Crippen molar-refractivity contribution in [2.75, 3.05) is 27.3 Å². The second kappa shape index (κ2) is 7.26. The molecule has 1 aliphatic heterocycles. The highest BCUT2D eigenvalue weighted by Crippen LogP contribution is 2.33. The van der Waals surface area contributed by atoms with Gasteiger partial charge >= 0.3 is 12.1 Å². The molecule has 0 aromatic rings. The lowest BCUT2D eigenvalue weighted by atomic mass is 9.74. The zero-order chi connectivity index (χ0) is 15.3. The predicted octanol–water partition coefficient (Wildman–Crippen LogP) is 1.48. The van der Waals surface area contributed by atoms with Crippen LogP contribution in [-0.2, 0) is 19.1 Å². The molecule has 114 valence electrons. The monoisotopic (exact) mass is 285 g/mol. The Morgan fingerprint density at radius 2 is 1.90 bits per heavy atom. The predicted molar refractivity (Wildman–Crippen MR) is 72.1 cm³/mol. The standard InChI is InChI=1S/C14H23NO5/c1-5-10-8-15(14(18)20-4)7-6-11(10)12(9(2)16)13(17)19-3/h10-12H,5-8H2,1-4H3/t10-,11-,12?/m1/s1. The molecule has 3 atom stereocenters. The van der Waals surface area contributed by atoms with Crippen molar-refractivity contribution < 1.29 is 23.9 Å². The summed E-state index contributed by atoms with van der Waals surface area (Å²) >= 11 is 0. The summed E-state index contributed by atoms with van der Waals surface area (Å²) in [6.45, 7) is 4.41. The molecule has 0 saturated carbocycles. The Bertz CT molecular complexity index is 382. The van der Waals surface area contributed by atoms with Gasteiger partial charge in [-0.2, -0.15) is 0 Å². The van der Waals surface area contributed by atoms with Gasteiger partial charge in [0.15, 0.2) is 0 Å². The van der Waals surface area contributed by atoms with Crippen molar-refractivity contribution >= 4 is 17.8 Å². The molecule has 1 rings (SSSR count). The van der Waals surface area contributed by atoms with Crippen molar-refractivity contribution in [3.05, 3.63) is 0 Å². The molecule has 0 radical (unpaired) electrons. The molecule has 0 aromatic heterocycles. The number of piperidine rings is 1. The number of carbonyl (C=O) groups is 3. The Morgan fingerprint density at radius 3 is 2.35 bits per heavy atom. The normalized spacial score (nSPS) is 23.9. The number of hydrogen-bond donors (Lipinski definition) is 0. The molecule has 1 amide bonds. The van der Waals surface area contributed by atoms with E-state index < -0.39 is 11.9 Å². The van der Waals surface area contributed by atoms with Gasteiger partial charge in [0.25, 0.3) is 0 Å². The van der Waals surface area contributed by atoms with Gasteiger partial charge < -0.3 is 14.4 Å². The molecular formula is C14H23NO5. The number of ketones is 1. The van der Waals surface area contributed by atoms with E-state index in [-0.39, 0.29) is 23.7 Å². The van der Waals surface area contributed by atoms with E-state index in [4.69, 9.17) is 9.47 Å². The first-order valence-electron chi connectivity index (χ1n) is 6.87. The van der Waals surface area contributed by atoms with Crippen LogP contribution in [0.3, 0.4) is 0 Å². The van der Waals surface area contributed by atoms with E-state index in [1.165, 1.54) is 21.1 Å². The van der Waals surface area contributed by atoms with Crippen LogP contribution in [0.25, 0.3) is 0 Å². The average molecular weight is 285 g/mol. The topological polar surface area (TPSA) is 72.9 Å². The number of likely N-dealkylation sites (tertiary alicyclic amines) is 1. The maximum Gasteiger partial charge on any atom is 0.409 e. The lowest BCUT2D eigenvalue weighted by Gasteiger charge is -2.39. The van der Waals surface area contributed by atoms with Gasteiger partial charge in [-0.15, -0.1) is 0 Å². The number of rotatable bonds is 4. The van der Waals surface area contributed by atoms with Crippen molar-refractivity contribution in [2.45, 2.75) is 26.7 Å². The summed E-state index contributed by atoms with van der Waals surface area (Å²) in [4.78, 5) is 36.8. The van der Waals surface area contributed by atoms with Crippen LogP contribution in [-0.4, -0.2) is 50.1 Å². The maximum atomic E-state index is 11.8. The van der Waals surface area contributed by atoms with E-state index in [9.17, 15) is 14.4 Å². The maximum absolute atomic E-state index is 11.8. The largest absolute Gasteiger partial charge is 0.468 e. The average Bonchev–Trinajstić information content (AvgIpc) is 2.46. The molecule has 1 saturated heterocycles. The summed E-state index contributed by atoms with van der Waals surface area (Å²) in [6, 6.07) is 0. The molecular weight excluding hydrogens is 262 g/mol. The summed E-state index contributed by atoms with van der Waals surface area (Å²) in [5.41, 5.74) is 0. The van der Waals surface area contributed by atoms with Crippen LogP contribution in [0.15, 0.2) is 0 Å². The SMILES string of the molecule is CC[C@@H]1CN(C(=O)OC)CC[C@H]1C(C(C)=O)C(=O)OC. The van der Waals surface area contributed by atoms with Crippen LogP contribution in [0.4, 0.5) is 4.79 Å². The van der Waals surface area contributed by atoms with Gasteiger partial charge in [-0.05, 0) is 25.2 Å². The van der Waals surface area contributed by atoms with Crippen LogP contribution in [0, 0.1) is 17.8 Å². The summed E-state index contributed by atoms with van der Waals surface area (Å²) in [6.07, 6.45) is 1.03. The molecule has 0 aliphatic carbocycles. The lowest BCUT2D eigenvalue weighted by Crippen LogP contribution is -2.48. The second-order valence-corrected chi connectivity index (χ2v) is 5.15. The summed E-state index contributed by atoms with van der Waals surface area (Å²) in [5.74, 6) is -1.37.